The number of nitrogens with zero attached hydrogens (tertiary/aromatic N) is 2. The summed E-state index contributed by atoms with van der Waals surface area (Å²) in [6.45, 7) is 18.4. The third-order valence-corrected chi connectivity index (χ3v) is 15.3. The fourth-order valence-electron chi connectivity index (χ4n) is 8.79. The maximum Gasteiger partial charge on any atom is 0.261 e. The Morgan fingerprint density at radius 2 is 1.00 bits per heavy atom. The molecule has 0 saturated heterocycles. The van der Waals surface area contributed by atoms with Crippen molar-refractivity contribution in [1.29, 1.82) is 0 Å². The molecule has 2 aromatic heterocycles. The summed E-state index contributed by atoms with van der Waals surface area (Å²) in [5.41, 5.74) is 5.17. The number of unbranched alkanes of at least 4 members (excludes halogenated alkanes) is 2. The molecule has 4 heterocycles. The molecule has 6 rings (SSSR count). The molecule has 4 nitrogen and oxygen atoms in total. The summed E-state index contributed by atoms with van der Waals surface area (Å²) in [5.74, 6) is 0.783. The molecule has 0 bridgehead atoms. The second-order valence-electron chi connectivity index (χ2n) is 18.1. The minimum atomic E-state index is -0.260. The van der Waals surface area contributed by atoms with Crippen LogP contribution in [0.25, 0.3) is 32.3 Å². The Hall–Kier alpha value is -3.88. The van der Waals surface area contributed by atoms with Crippen molar-refractivity contribution in [2.75, 3.05) is 13.1 Å². The summed E-state index contributed by atoms with van der Waals surface area (Å²) in [7, 11) is 0. The standard InChI is InChI=1S/C53H68F2N2O2S2/c1-9-14-16-36(12-4)20-21-39-23-25-41(43(55)31-39)44-26-28-46(60-44)50-48-49(52(58)56(50)32-35(8)11-3)51(57(53(48)59)33-37(13-5)17-15-10-2)47-29-27-45(61-47)40-24-22-38(30-42(40)54)19-18-34(6)7/h22-31,34-37H,9-21,32-33H2,1-8H3. The van der Waals surface area contributed by atoms with Gasteiger partial charge >= 0.3 is 0 Å². The van der Waals surface area contributed by atoms with Crippen LogP contribution < -0.4 is 0 Å². The van der Waals surface area contributed by atoms with Gasteiger partial charge in [0.1, 0.15) is 11.6 Å². The highest BCUT2D eigenvalue weighted by Crippen LogP contribution is 2.51. The smallest absolute Gasteiger partial charge is 0.261 e. The quantitative estimate of drug-likeness (QED) is 0.0745. The molecule has 2 amide bonds. The number of benzene rings is 2. The van der Waals surface area contributed by atoms with Crippen LogP contribution in [0.5, 0.6) is 0 Å². The Bertz CT molecular complexity index is 2210. The fourth-order valence-corrected chi connectivity index (χ4v) is 11.0. The summed E-state index contributed by atoms with van der Waals surface area (Å²) in [4.78, 5) is 36.8. The van der Waals surface area contributed by atoms with E-state index in [0.717, 1.165) is 94.8 Å². The molecule has 0 N–H and O–H groups in total. The zero-order chi connectivity index (χ0) is 43.8. The molecule has 2 aliphatic heterocycles. The lowest BCUT2D eigenvalue weighted by atomic mass is 9.92. The summed E-state index contributed by atoms with van der Waals surface area (Å²) >= 11 is 2.88. The lowest BCUT2D eigenvalue weighted by Crippen LogP contribution is -2.34. The van der Waals surface area contributed by atoms with Gasteiger partial charge in [0.25, 0.3) is 11.8 Å². The number of rotatable bonds is 23. The lowest BCUT2D eigenvalue weighted by Gasteiger charge is -2.28. The molecule has 61 heavy (non-hydrogen) atoms. The average Bonchev–Trinajstić information content (AvgIpc) is 4.04. The molecule has 3 unspecified atom stereocenters. The Balaban J connectivity index is 1.42. The molecule has 3 atom stereocenters. The monoisotopic (exact) mass is 866 g/mol. The summed E-state index contributed by atoms with van der Waals surface area (Å²) in [6.07, 6.45) is 13.4. The highest BCUT2D eigenvalue weighted by atomic mass is 32.1. The summed E-state index contributed by atoms with van der Waals surface area (Å²) in [6, 6.07) is 18.9. The van der Waals surface area contributed by atoms with E-state index in [4.69, 9.17) is 0 Å². The molecule has 328 valence electrons. The van der Waals surface area contributed by atoms with Crippen LogP contribution in [0.1, 0.15) is 147 Å². The zero-order valence-electron chi connectivity index (χ0n) is 38.0. The third-order valence-electron chi connectivity index (χ3n) is 13.0. The van der Waals surface area contributed by atoms with Gasteiger partial charge in [0, 0.05) is 34.0 Å². The predicted octanol–water partition coefficient (Wildman–Crippen LogP) is 15.2. The number of fused-ring (bicyclic) bond motifs is 1. The van der Waals surface area contributed by atoms with Crippen LogP contribution in [-0.2, 0) is 22.4 Å². The predicted molar refractivity (Wildman–Crippen MR) is 254 cm³/mol. The van der Waals surface area contributed by atoms with Crippen LogP contribution in [0.15, 0.2) is 71.8 Å². The molecule has 8 heteroatoms. The molecule has 4 aromatic rings. The molecule has 0 aliphatic carbocycles. The Kier molecular flexibility index (Phi) is 16.4. The highest BCUT2D eigenvalue weighted by molar-refractivity contribution is 7.17. The molecule has 0 radical (unpaired) electrons. The van der Waals surface area contributed by atoms with Gasteiger partial charge in [-0.1, -0.05) is 131 Å². The van der Waals surface area contributed by atoms with Gasteiger partial charge in [-0.3, -0.25) is 9.59 Å². The lowest BCUT2D eigenvalue weighted by molar-refractivity contribution is -0.124. The first-order valence-electron chi connectivity index (χ1n) is 23.3. The van der Waals surface area contributed by atoms with Crippen LogP contribution in [0, 0.1) is 35.3 Å². The van der Waals surface area contributed by atoms with Gasteiger partial charge in [0.15, 0.2) is 0 Å². The Labute approximate surface area is 373 Å². The van der Waals surface area contributed by atoms with E-state index in [-0.39, 0.29) is 35.3 Å². The summed E-state index contributed by atoms with van der Waals surface area (Å²) in [5, 5.41) is 0. The molecule has 2 aliphatic rings. The van der Waals surface area contributed by atoms with Crippen molar-refractivity contribution < 1.29 is 18.4 Å². The maximum atomic E-state index is 16.0. The number of carbonyl (C=O) groups excluding carboxylic acids is 2. The SMILES string of the molecule is CCCCC(CC)CCc1ccc(-c2ccc(C3=C4C(=O)N(CC(CC)CCCC)C(c5ccc(-c6ccc(CCC(C)C)cc6F)s5)=C4C(=O)N3CC(C)CC)s2)c(F)c1. The number of carbonyl (C=O) groups is 2. The van der Waals surface area contributed by atoms with Gasteiger partial charge < -0.3 is 9.80 Å². The van der Waals surface area contributed by atoms with Crippen molar-refractivity contribution in [3.05, 3.63) is 104 Å². The van der Waals surface area contributed by atoms with Crippen LogP contribution in [0.3, 0.4) is 0 Å². The van der Waals surface area contributed by atoms with E-state index in [1.165, 1.54) is 41.9 Å². The van der Waals surface area contributed by atoms with Crippen molar-refractivity contribution in [1.82, 2.24) is 9.80 Å². The molecular formula is C53H68F2N2O2S2. The average molecular weight is 867 g/mol. The first kappa shape index (κ1) is 46.6. The first-order chi connectivity index (χ1) is 29.4. The first-order valence-corrected chi connectivity index (χ1v) is 25.0. The summed E-state index contributed by atoms with van der Waals surface area (Å²) < 4.78 is 31.7. The number of thiophene rings is 2. The van der Waals surface area contributed by atoms with Crippen molar-refractivity contribution in [3.63, 3.8) is 0 Å². The van der Waals surface area contributed by atoms with Gasteiger partial charge in [-0.25, -0.2) is 8.78 Å². The number of hydrogen-bond donors (Lipinski definition) is 0. The van der Waals surface area contributed by atoms with E-state index in [0.29, 0.717) is 58.6 Å². The van der Waals surface area contributed by atoms with Gasteiger partial charge in [-0.15, -0.1) is 22.7 Å². The Morgan fingerprint density at radius 1 is 0.541 bits per heavy atom. The van der Waals surface area contributed by atoms with E-state index in [9.17, 15) is 4.79 Å². The largest absolute Gasteiger partial charge is 0.306 e. The van der Waals surface area contributed by atoms with Crippen molar-refractivity contribution in [2.45, 2.75) is 139 Å². The van der Waals surface area contributed by atoms with Gasteiger partial charge in [-0.2, -0.15) is 0 Å². The van der Waals surface area contributed by atoms with Crippen LogP contribution in [0.4, 0.5) is 8.78 Å². The topological polar surface area (TPSA) is 40.6 Å². The maximum absolute atomic E-state index is 16.0. The minimum absolute atomic E-state index is 0.166. The minimum Gasteiger partial charge on any atom is -0.306 e. The van der Waals surface area contributed by atoms with Gasteiger partial charge in [0.05, 0.1) is 32.3 Å². The third kappa shape index (κ3) is 10.7. The molecular weight excluding hydrogens is 799 g/mol. The van der Waals surface area contributed by atoms with Crippen molar-refractivity contribution in [2.24, 2.45) is 23.7 Å². The molecule has 0 fully saturated rings. The van der Waals surface area contributed by atoms with E-state index in [1.807, 2.05) is 52.3 Å². The van der Waals surface area contributed by atoms with Crippen molar-refractivity contribution >= 4 is 45.9 Å². The van der Waals surface area contributed by atoms with Gasteiger partial charge in [0.2, 0.25) is 0 Å². The fraction of sp³-hybridized carbons (Fsp3) is 0.509. The van der Waals surface area contributed by atoms with Crippen LogP contribution in [-0.4, -0.2) is 34.7 Å². The van der Waals surface area contributed by atoms with Crippen LogP contribution >= 0.6 is 22.7 Å². The number of amides is 2. The van der Waals surface area contributed by atoms with E-state index < -0.39 is 0 Å². The zero-order valence-corrected chi connectivity index (χ0v) is 39.6. The van der Waals surface area contributed by atoms with Gasteiger partial charge in [-0.05, 0) is 103 Å². The second kappa shape index (κ2) is 21.5. The molecule has 0 saturated carbocycles. The number of halogens is 2. The van der Waals surface area contributed by atoms with Crippen LogP contribution in [0.2, 0.25) is 0 Å². The van der Waals surface area contributed by atoms with E-state index >= 15 is 13.6 Å². The number of aryl methyl sites for hydroxylation is 2. The molecule has 2 aromatic carbocycles. The molecule has 0 spiro atoms. The van der Waals surface area contributed by atoms with E-state index in [1.54, 1.807) is 12.1 Å². The Morgan fingerprint density at radius 3 is 1.44 bits per heavy atom. The second-order valence-corrected chi connectivity index (χ2v) is 20.2. The van der Waals surface area contributed by atoms with E-state index in [2.05, 4.69) is 61.5 Å². The highest BCUT2D eigenvalue weighted by Gasteiger charge is 2.50. The normalized spacial score (nSPS) is 15.9. The van der Waals surface area contributed by atoms with Crippen molar-refractivity contribution in [3.8, 4) is 20.9 Å². The number of hydrogen-bond acceptors (Lipinski definition) is 4.